The number of thioether (sulfide) groups is 1. The molecule has 0 bridgehead atoms. The molecule has 0 aliphatic carbocycles. The fourth-order valence-corrected chi connectivity index (χ4v) is 2.40. The van der Waals surface area contributed by atoms with Gasteiger partial charge in [-0.15, -0.1) is 0 Å². The molecule has 1 atom stereocenters. The van der Waals surface area contributed by atoms with E-state index in [0.29, 0.717) is 17.9 Å². The molecular formula is C12H15ClFNO2S. The molecule has 0 aliphatic rings. The summed E-state index contributed by atoms with van der Waals surface area (Å²) in [7, 11) is 1.31. The molecule has 0 heterocycles. The summed E-state index contributed by atoms with van der Waals surface area (Å²) in [5, 5.41) is 0.122. The van der Waals surface area contributed by atoms with Gasteiger partial charge in [0.1, 0.15) is 11.9 Å². The van der Waals surface area contributed by atoms with Crippen LogP contribution in [0.25, 0.3) is 0 Å². The molecule has 100 valence electrons. The second kappa shape index (κ2) is 7.61. The largest absolute Gasteiger partial charge is 0.468 e. The van der Waals surface area contributed by atoms with Gasteiger partial charge in [-0.25, -0.2) is 4.39 Å². The van der Waals surface area contributed by atoms with E-state index in [1.165, 1.54) is 19.2 Å². The molecule has 1 aromatic rings. The fourth-order valence-electron chi connectivity index (χ4n) is 1.30. The maximum Gasteiger partial charge on any atom is 0.322 e. The summed E-state index contributed by atoms with van der Waals surface area (Å²) in [5.41, 5.74) is 6.44. The first-order chi connectivity index (χ1) is 8.54. The molecule has 0 saturated carbocycles. The number of carbonyl (C=O) groups excluding carboxylic acids is 1. The van der Waals surface area contributed by atoms with Gasteiger partial charge >= 0.3 is 5.97 Å². The quantitative estimate of drug-likeness (QED) is 0.646. The zero-order chi connectivity index (χ0) is 13.5. The van der Waals surface area contributed by atoms with Crippen molar-refractivity contribution in [1.82, 2.24) is 0 Å². The minimum atomic E-state index is -0.593. The highest BCUT2D eigenvalue weighted by molar-refractivity contribution is 7.98. The van der Waals surface area contributed by atoms with E-state index < -0.39 is 17.8 Å². The molecule has 0 radical (unpaired) electrons. The Labute approximate surface area is 115 Å². The summed E-state index contributed by atoms with van der Waals surface area (Å²) in [6.45, 7) is 0. The number of carbonyl (C=O) groups is 1. The molecule has 1 aromatic carbocycles. The van der Waals surface area contributed by atoms with E-state index >= 15 is 0 Å². The number of methoxy groups -OCH3 is 1. The van der Waals surface area contributed by atoms with Gasteiger partial charge in [-0.05, 0) is 29.9 Å². The number of esters is 1. The van der Waals surface area contributed by atoms with Crippen LogP contribution in [0.1, 0.15) is 12.0 Å². The lowest BCUT2D eigenvalue weighted by Crippen LogP contribution is -2.31. The molecule has 1 rings (SSSR count). The predicted molar refractivity (Wildman–Crippen MR) is 72.2 cm³/mol. The topological polar surface area (TPSA) is 52.3 Å². The Bertz CT molecular complexity index is 417. The lowest BCUT2D eigenvalue weighted by Gasteiger charge is -2.08. The molecule has 0 spiro atoms. The Morgan fingerprint density at radius 1 is 1.61 bits per heavy atom. The number of hydrogen-bond donors (Lipinski definition) is 1. The summed E-state index contributed by atoms with van der Waals surface area (Å²) in [4.78, 5) is 11.0. The van der Waals surface area contributed by atoms with Gasteiger partial charge in [0.25, 0.3) is 0 Å². The molecule has 1 unspecified atom stereocenters. The Kier molecular flexibility index (Phi) is 6.46. The van der Waals surface area contributed by atoms with E-state index in [1.807, 2.05) is 0 Å². The third kappa shape index (κ3) is 4.84. The highest BCUT2D eigenvalue weighted by Gasteiger charge is 2.12. The highest BCUT2D eigenvalue weighted by Crippen LogP contribution is 2.19. The second-order valence-electron chi connectivity index (χ2n) is 3.72. The van der Waals surface area contributed by atoms with Crippen molar-refractivity contribution < 1.29 is 13.9 Å². The molecule has 6 heteroatoms. The number of nitrogens with two attached hydrogens (primary N) is 1. The van der Waals surface area contributed by atoms with Crippen LogP contribution in [0.2, 0.25) is 5.02 Å². The van der Waals surface area contributed by atoms with E-state index in [-0.39, 0.29) is 5.02 Å². The summed E-state index contributed by atoms with van der Waals surface area (Å²) >= 11 is 7.16. The van der Waals surface area contributed by atoms with Gasteiger partial charge in [-0.3, -0.25) is 4.79 Å². The monoisotopic (exact) mass is 291 g/mol. The SMILES string of the molecule is COC(=O)C(N)CCSCc1ccc(Cl)c(F)c1. The van der Waals surface area contributed by atoms with E-state index in [1.54, 1.807) is 17.8 Å². The molecule has 18 heavy (non-hydrogen) atoms. The minimum absolute atomic E-state index is 0.122. The first-order valence-corrected chi connectivity index (χ1v) is 6.93. The van der Waals surface area contributed by atoms with Gasteiger partial charge in [0.15, 0.2) is 0 Å². The van der Waals surface area contributed by atoms with Gasteiger partial charge in [-0.2, -0.15) is 11.8 Å². The van der Waals surface area contributed by atoms with Crippen molar-refractivity contribution in [2.24, 2.45) is 5.73 Å². The summed E-state index contributed by atoms with van der Waals surface area (Å²) < 4.78 is 17.7. The maximum atomic E-state index is 13.1. The molecule has 0 saturated heterocycles. The number of ether oxygens (including phenoxy) is 1. The maximum absolute atomic E-state index is 13.1. The van der Waals surface area contributed by atoms with Gasteiger partial charge < -0.3 is 10.5 Å². The van der Waals surface area contributed by atoms with Crippen molar-refractivity contribution in [3.63, 3.8) is 0 Å². The van der Waals surface area contributed by atoms with Crippen LogP contribution in [0.5, 0.6) is 0 Å². The van der Waals surface area contributed by atoms with E-state index in [2.05, 4.69) is 4.74 Å². The van der Waals surface area contributed by atoms with E-state index in [9.17, 15) is 9.18 Å². The standard InChI is InChI=1S/C12H15ClFNO2S/c1-17-12(16)11(15)4-5-18-7-8-2-3-9(13)10(14)6-8/h2-3,6,11H,4-5,7,15H2,1H3. The zero-order valence-corrected chi connectivity index (χ0v) is 11.6. The summed E-state index contributed by atoms with van der Waals surface area (Å²) in [6.07, 6.45) is 0.535. The summed E-state index contributed by atoms with van der Waals surface area (Å²) in [5.74, 6) is 0.539. The van der Waals surface area contributed by atoms with Crippen molar-refractivity contribution in [2.75, 3.05) is 12.9 Å². The molecule has 0 aliphatic heterocycles. The van der Waals surface area contributed by atoms with Gasteiger partial charge in [0, 0.05) is 5.75 Å². The molecule has 0 amide bonds. The smallest absolute Gasteiger partial charge is 0.322 e. The Morgan fingerprint density at radius 2 is 2.33 bits per heavy atom. The first-order valence-electron chi connectivity index (χ1n) is 5.39. The Hall–Kier alpha value is -0.780. The van der Waals surface area contributed by atoms with Gasteiger partial charge in [0.05, 0.1) is 12.1 Å². The van der Waals surface area contributed by atoms with Crippen molar-refractivity contribution in [3.8, 4) is 0 Å². The van der Waals surface area contributed by atoms with Gasteiger partial charge in [0.2, 0.25) is 0 Å². The third-order valence-electron chi connectivity index (χ3n) is 2.33. The van der Waals surface area contributed by atoms with E-state index in [4.69, 9.17) is 17.3 Å². The third-order valence-corrected chi connectivity index (χ3v) is 3.70. The van der Waals surface area contributed by atoms with Crippen molar-refractivity contribution in [3.05, 3.63) is 34.6 Å². The Balaban J connectivity index is 2.29. The van der Waals surface area contributed by atoms with Crippen LogP contribution in [-0.2, 0) is 15.3 Å². The number of benzene rings is 1. The summed E-state index contributed by atoms with van der Waals surface area (Å²) in [6, 6.07) is 4.13. The fraction of sp³-hybridized carbons (Fsp3) is 0.417. The average Bonchev–Trinajstić information content (AvgIpc) is 2.37. The highest BCUT2D eigenvalue weighted by atomic mass is 35.5. The molecule has 2 N–H and O–H groups in total. The normalized spacial score (nSPS) is 12.2. The van der Waals surface area contributed by atoms with Gasteiger partial charge in [-0.1, -0.05) is 17.7 Å². The average molecular weight is 292 g/mol. The molecule has 3 nitrogen and oxygen atoms in total. The number of hydrogen-bond acceptors (Lipinski definition) is 4. The van der Waals surface area contributed by atoms with Crippen LogP contribution in [0.15, 0.2) is 18.2 Å². The van der Waals surface area contributed by atoms with Crippen molar-refractivity contribution in [2.45, 2.75) is 18.2 Å². The minimum Gasteiger partial charge on any atom is -0.468 e. The zero-order valence-electron chi connectivity index (χ0n) is 9.99. The van der Waals surface area contributed by atoms with Crippen LogP contribution < -0.4 is 5.73 Å². The van der Waals surface area contributed by atoms with Crippen LogP contribution >= 0.6 is 23.4 Å². The number of halogens is 2. The van der Waals surface area contributed by atoms with Crippen LogP contribution in [-0.4, -0.2) is 24.9 Å². The van der Waals surface area contributed by atoms with E-state index in [0.717, 1.165) is 5.56 Å². The van der Waals surface area contributed by atoms with Crippen molar-refractivity contribution >= 4 is 29.3 Å². The molecular weight excluding hydrogens is 277 g/mol. The van der Waals surface area contributed by atoms with Crippen LogP contribution in [0.3, 0.4) is 0 Å². The molecule has 0 aromatic heterocycles. The lowest BCUT2D eigenvalue weighted by atomic mass is 10.2. The second-order valence-corrected chi connectivity index (χ2v) is 5.23. The Morgan fingerprint density at radius 3 is 2.94 bits per heavy atom. The van der Waals surface area contributed by atoms with Crippen LogP contribution in [0.4, 0.5) is 4.39 Å². The predicted octanol–water partition coefficient (Wildman–Crippen LogP) is 2.60. The lowest BCUT2D eigenvalue weighted by molar-refractivity contribution is -0.142. The number of rotatable bonds is 6. The molecule has 0 fully saturated rings. The first kappa shape index (κ1) is 15.3. The van der Waals surface area contributed by atoms with Crippen molar-refractivity contribution in [1.29, 1.82) is 0 Å². The van der Waals surface area contributed by atoms with Crippen LogP contribution in [0, 0.1) is 5.82 Å².